The van der Waals surface area contributed by atoms with E-state index in [1.807, 2.05) is 30.3 Å². The van der Waals surface area contributed by atoms with E-state index in [1.165, 1.54) is 139 Å². The Labute approximate surface area is 395 Å². The van der Waals surface area contributed by atoms with Crippen molar-refractivity contribution >= 4 is 95.6 Å². The van der Waals surface area contributed by atoms with E-state index in [0.29, 0.717) is 0 Å². The Morgan fingerprint density at radius 1 is 0.368 bits per heavy atom. The lowest BCUT2D eigenvalue weighted by molar-refractivity contribution is 0.677. The number of halogens is 6. The fraction of sp³-hybridized carbons (Fsp3) is 0.373. The van der Waals surface area contributed by atoms with Crippen LogP contribution in [0.2, 0.25) is 0 Å². The molecule has 0 radical (unpaired) electrons. The molecule has 57 heavy (non-hydrogen) atoms. The number of alkyl halides is 2. The first-order chi connectivity index (χ1) is 27.8. The van der Waals surface area contributed by atoms with Crippen LogP contribution in [0.1, 0.15) is 101 Å². The molecule has 5 aromatic carbocycles. The largest absolute Gasteiger partial charge is 0.103 e. The van der Waals surface area contributed by atoms with Crippen LogP contribution in [0.15, 0.2) is 134 Å². The number of benzene rings is 5. The van der Waals surface area contributed by atoms with Crippen LogP contribution in [-0.4, -0.2) is 10.7 Å². The molecule has 8 rings (SSSR count). The van der Waals surface area contributed by atoms with Crippen molar-refractivity contribution in [3.8, 4) is 0 Å². The third kappa shape index (κ3) is 18.9. The fourth-order valence-electron chi connectivity index (χ4n) is 6.71. The summed E-state index contributed by atoms with van der Waals surface area (Å²) in [5.74, 6) is 0. The SMILES string of the molecule is BrCCCCCc1ccc2c(c1)CC2.Brc1ccc(Br)cc1.Brc1ccc(CCCCCc2ccc3c(c2)CC3)cc1.Brc1ccc2c(c1)CC2.C=CCCCBr. The van der Waals surface area contributed by atoms with Gasteiger partial charge in [0.15, 0.2) is 0 Å². The third-order valence-electron chi connectivity index (χ3n) is 10.5. The van der Waals surface area contributed by atoms with E-state index in [1.54, 1.807) is 22.3 Å². The van der Waals surface area contributed by atoms with E-state index in [-0.39, 0.29) is 0 Å². The summed E-state index contributed by atoms with van der Waals surface area (Å²) < 4.78 is 4.60. The van der Waals surface area contributed by atoms with Crippen LogP contribution in [0.25, 0.3) is 0 Å². The number of fused-ring (bicyclic) bond motifs is 3. The Hall–Kier alpha value is -1.28. The van der Waals surface area contributed by atoms with Gasteiger partial charge in [-0.1, -0.05) is 169 Å². The van der Waals surface area contributed by atoms with Gasteiger partial charge in [0.05, 0.1) is 0 Å². The molecule has 0 amide bonds. The van der Waals surface area contributed by atoms with Crippen LogP contribution in [0, 0.1) is 0 Å². The molecule has 0 atom stereocenters. The zero-order valence-corrected chi connectivity index (χ0v) is 42.8. The van der Waals surface area contributed by atoms with Gasteiger partial charge in [-0.05, 0) is 195 Å². The van der Waals surface area contributed by atoms with Gasteiger partial charge >= 0.3 is 0 Å². The first-order valence-electron chi connectivity index (χ1n) is 20.6. The summed E-state index contributed by atoms with van der Waals surface area (Å²) in [6, 6.07) is 37.3. The highest BCUT2D eigenvalue weighted by atomic mass is 79.9. The van der Waals surface area contributed by atoms with Gasteiger partial charge in [0.2, 0.25) is 0 Å². The maximum atomic E-state index is 3.58. The molecule has 0 unspecified atom stereocenters. The van der Waals surface area contributed by atoms with Crippen molar-refractivity contribution < 1.29 is 0 Å². The van der Waals surface area contributed by atoms with Gasteiger partial charge in [0.1, 0.15) is 0 Å². The van der Waals surface area contributed by atoms with Crippen LogP contribution in [0.5, 0.6) is 0 Å². The number of rotatable bonds is 14. The topological polar surface area (TPSA) is 0 Å². The van der Waals surface area contributed by atoms with Crippen molar-refractivity contribution in [1.29, 1.82) is 0 Å². The summed E-state index contributed by atoms with van der Waals surface area (Å²) in [5, 5.41) is 2.25. The second-order valence-electron chi connectivity index (χ2n) is 14.9. The molecule has 5 aromatic rings. The zero-order valence-electron chi connectivity index (χ0n) is 33.3. The van der Waals surface area contributed by atoms with Gasteiger partial charge in [-0.25, -0.2) is 0 Å². The number of aryl methyl sites for hydroxylation is 9. The standard InChI is InChI=1S/C19H21Br.C13H17Br.C8H7Br.C6H4Br2.C5H9Br/c20-19-12-7-15(8-13-19)4-2-1-3-5-16-6-9-17-10-11-18(17)14-16;14-9-3-1-2-4-11-5-6-12-7-8-13(12)10-11;9-8-4-3-6-1-2-7(6)5-8;7-5-1-2-6(8)4-3-5;1-2-3-4-5-6/h6-9,12-14H,1-5,10-11H2;5-6,10H,1-4,7-9H2;3-5H,1-2H2;1-4H;2H,1,3-5H2. The highest BCUT2D eigenvalue weighted by Gasteiger charge is 2.13. The van der Waals surface area contributed by atoms with Crippen molar-refractivity contribution in [2.45, 2.75) is 109 Å². The number of unbranched alkanes of at least 4 members (excludes halogenated alkanes) is 5. The molecule has 0 saturated heterocycles. The van der Waals surface area contributed by atoms with Gasteiger partial charge in [0, 0.05) is 28.6 Å². The quantitative estimate of drug-likeness (QED) is 0.0591. The van der Waals surface area contributed by atoms with Crippen LogP contribution < -0.4 is 0 Å². The van der Waals surface area contributed by atoms with E-state index in [2.05, 4.69) is 181 Å². The van der Waals surface area contributed by atoms with Gasteiger partial charge < -0.3 is 0 Å². The molecular formula is C51H58Br6. The smallest absolute Gasteiger partial charge is 0.0178 e. The Balaban J connectivity index is 0.000000170. The van der Waals surface area contributed by atoms with E-state index in [4.69, 9.17) is 0 Å². The van der Waals surface area contributed by atoms with Gasteiger partial charge in [-0.2, -0.15) is 0 Å². The number of allylic oxidation sites excluding steroid dienone is 1. The predicted molar refractivity (Wildman–Crippen MR) is 271 cm³/mol. The molecule has 0 heterocycles. The van der Waals surface area contributed by atoms with E-state index < -0.39 is 0 Å². The summed E-state index contributed by atoms with van der Waals surface area (Å²) in [5.41, 5.74) is 13.9. The third-order valence-corrected chi connectivity index (χ3v) is 13.7. The first-order valence-corrected chi connectivity index (χ1v) is 26.1. The molecule has 0 spiro atoms. The number of hydrogen-bond donors (Lipinski definition) is 0. The second-order valence-corrected chi connectivity index (χ2v) is 20.1. The Bertz CT molecular complexity index is 1880. The minimum absolute atomic E-state index is 1.10. The fourth-order valence-corrected chi connectivity index (χ4v) is 8.63. The molecule has 0 aliphatic heterocycles. The molecule has 0 N–H and O–H groups in total. The van der Waals surface area contributed by atoms with Gasteiger partial charge in [0.25, 0.3) is 0 Å². The molecular weight excluding hydrogens is 1090 g/mol. The summed E-state index contributed by atoms with van der Waals surface area (Å²) in [7, 11) is 0. The molecule has 0 saturated carbocycles. The van der Waals surface area contributed by atoms with Crippen molar-refractivity contribution in [1.82, 2.24) is 0 Å². The molecule has 0 fully saturated rings. The van der Waals surface area contributed by atoms with Crippen molar-refractivity contribution in [3.05, 3.63) is 184 Å². The van der Waals surface area contributed by atoms with E-state index in [0.717, 1.165) is 26.0 Å². The molecule has 304 valence electrons. The summed E-state index contributed by atoms with van der Waals surface area (Å²) in [6.07, 6.45) is 23.7. The maximum Gasteiger partial charge on any atom is 0.0178 e. The van der Waals surface area contributed by atoms with E-state index in [9.17, 15) is 0 Å². The minimum atomic E-state index is 1.10. The molecule has 3 aliphatic carbocycles. The van der Waals surface area contributed by atoms with Gasteiger partial charge in [-0.3, -0.25) is 0 Å². The second kappa shape index (κ2) is 28.3. The molecule has 0 bridgehead atoms. The monoisotopic (exact) mass is 1140 g/mol. The van der Waals surface area contributed by atoms with E-state index >= 15 is 0 Å². The minimum Gasteiger partial charge on any atom is -0.103 e. The lowest BCUT2D eigenvalue weighted by atomic mass is 9.86. The Morgan fingerprint density at radius 2 is 0.719 bits per heavy atom. The van der Waals surface area contributed by atoms with Crippen molar-refractivity contribution in [2.24, 2.45) is 0 Å². The highest BCUT2D eigenvalue weighted by molar-refractivity contribution is 9.11. The van der Waals surface area contributed by atoms with Crippen LogP contribution in [0.3, 0.4) is 0 Å². The molecule has 0 nitrogen and oxygen atoms in total. The average molecular weight is 1150 g/mol. The summed E-state index contributed by atoms with van der Waals surface area (Å²) in [6.45, 7) is 3.58. The lowest BCUT2D eigenvalue weighted by Gasteiger charge is -2.19. The van der Waals surface area contributed by atoms with Crippen molar-refractivity contribution in [2.75, 3.05) is 10.7 Å². The summed E-state index contributed by atoms with van der Waals surface area (Å²) >= 11 is 20.3. The first kappa shape index (κ1) is 48.4. The summed E-state index contributed by atoms with van der Waals surface area (Å²) in [4.78, 5) is 0. The Kier molecular flexibility index (Phi) is 24.0. The van der Waals surface area contributed by atoms with Crippen molar-refractivity contribution in [3.63, 3.8) is 0 Å². The van der Waals surface area contributed by atoms with Gasteiger partial charge in [-0.15, -0.1) is 6.58 Å². The van der Waals surface area contributed by atoms with Crippen LogP contribution >= 0.6 is 95.6 Å². The van der Waals surface area contributed by atoms with Crippen LogP contribution in [0.4, 0.5) is 0 Å². The molecule has 0 aromatic heterocycles. The number of hydrogen-bond acceptors (Lipinski definition) is 0. The highest BCUT2D eigenvalue weighted by Crippen LogP contribution is 2.27. The normalized spacial score (nSPS) is 12.2. The average Bonchev–Trinajstić information content (AvgIpc) is 3.18. The molecule has 6 heteroatoms. The Morgan fingerprint density at radius 3 is 1.07 bits per heavy atom. The predicted octanol–water partition coefficient (Wildman–Crippen LogP) is 17.5. The van der Waals surface area contributed by atoms with Crippen LogP contribution in [-0.2, 0) is 57.8 Å². The zero-order chi connectivity index (χ0) is 40.7. The maximum absolute atomic E-state index is 3.58. The molecule has 3 aliphatic rings. The lowest BCUT2D eigenvalue weighted by Crippen LogP contribution is -2.08.